The molecule has 10 rings (SSSR count). The van der Waals surface area contributed by atoms with Crippen LogP contribution in [0, 0.1) is 19.7 Å². The van der Waals surface area contributed by atoms with Crippen LogP contribution in [0.15, 0.2) is 96.9 Å². The number of nitrogens with zero attached hydrogens (tertiary/aromatic N) is 13. The van der Waals surface area contributed by atoms with E-state index >= 15 is 0 Å². The molecule has 3 aromatic carbocycles. The number of thiazole rings is 1. The molecule has 2 fully saturated rings. The first-order valence-electron chi connectivity index (χ1n) is 20.9. The third kappa shape index (κ3) is 9.13. The zero-order valence-electron chi connectivity index (χ0n) is 35.6. The Balaban J connectivity index is 0.000000161. The normalized spacial score (nSPS) is 14.2. The fourth-order valence-electron chi connectivity index (χ4n) is 7.34. The predicted molar refractivity (Wildman–Crippen MR) is 246 cm³/mol. The first-order valence-corrected chi connectivity index (χ1v) is 21.8. The molecule has 6 heterocycles. The lowest BCUT2D eigenvalue weighted by atomic mass is 10.2. The molecular formula is C45H50FN15S. The third-order valence-electron chi connectivity index (χ3n) is 11.4. The lowest BCUT2D eigenvalue weighted by molar-refractivity contribution is 0.312. The van der Waals surface area contributed by atoms with E-state index in [1.165, 1.54) is 24.5 Å². The number of para-hydroxylation sites is 1. The monoisotopic (exact) mass is 851 g/mol. The Labute approximate surface area is 363 Å². The lowest BCUT2D eigenvalue weighted by Crippen LogP contribution is -2.45. The first-order chi connectivity index (χ1) is 30.2. The summed E-state index contributed by atoms with van der Waals surface area (Å²) in [6, 6.07) is 23.0. The van der Waals surface area contributed by atoms with E-state index in [1.54, 1.807) is 33.1 Å². The number of aromatic nitrogens is 9. The van der Waals surface area contributed by atoms with Crippen LogP contribution >= 0.6 is 11.3 Å². The molecule has 1 saturated heterocycles. The molecule has 318 valence electrons. The number of nitrogens with one attached hydrogen (secondary N) is 2. The lowest BCUT2D eigenvalue weighted by Gasteiger charge is -2.33. The van der Waals surface area contributed by atoms with Gasteiger partial charge in [0, 0.05) is 74.7 Å². The number of aryl methyl sites for hydroxylation is 1. The highest BCUT2D eigenvalue weighted by Crippen LogP contribution is 2.39. The van der Waals surface area contributed by atoms with Crippen LogP contribution in [0.3, 0.4) is 0 Å². The summed E-state index contributed by atoms with van der Waals surface area (Å²) < 4.78 is 14.7. The molecule has 15 nitrogen and oxygen atoms in total. The minimum absolute atomic E-state index is 0.234. The molecule has 0 atom stereocenters. The number of fused-ring (bicyclic) bond motifs is 2. The second-order valence-corrected chi connectivity index (χ2v) is 16.7. The van der Waals surface area contributed by atoms with Gasteiger partial charge in [0.05, 0.1) is 39.8 Å². The van der Waals surface area contributed by atoms with Crippen LogP contribution in [0.1, 0.15) is 48.1 Å². The maximum absolute atomic E-state index is 13.5. The smallest absolute Gasteiger partial charge is 0.233 e. The van der Waals surface area contributed by atoms with Gasteiger partial charge in [-0.2, -0.15) is 34.7 Å². The second kappa shape index (κ2) is 17.7. The highest BCUT2D eigenvalue weighted by atomic mass is 32.1. The van der Waals surface area contributed by atoms with Crippen molar-refractivity contribution >= 4 is 67.5 Å². The van der Waals surface area contributed by atoms with E-state index in [9.17, 15) is 4.39 Å². The molecule has 0 amide bonds. The molecular weight excluding hydrogens is 802 g/mol. The molecule has 5 aromatic heterocycles. The zero-order valence-corrected chi connectivity index (χ0v) is 36.4. The summed E-state index contributed by atoms with van der Waals surface area (Å²) in [7, 11) is 4.15. The van der Waals surface area contributed by atoms with Crippen molar-refractivity contribution in [2.45, 2.75) is 46.1 Å². The van der Waals surface area contributed by atoms with Gasteiger partial charge < -0.3 is 19.6 Å². The van der Waals surface area contributed by atoms with E-state index in [-0.39, 0.29) is 5.82 Å². The molecule has 2 N–H and O–H groups in total. The minimum atomic E-state index is -0.234. The van der Waals surface area contributed by atoms with Crippen LogP contribution in [-0.2, 0) is 6.54 Å². The van der Waals surface area contributed by atoms with Gasteiger partial charge >= 0.3 is 0 Å². The van der Waals surface area contributed by atoms with Gasteiger partial charge in [-0.05, 0) is 94.1 Å². The van der Waals surface area contributed by atoms with Crippen LogP contribution in [-0.4, -0.2) is 96.4 Å². The SMILES string of the molecule is CCN(Cc1cccc(F)c1)c1nc(C)c(C)c(Nn2cc(C3CC3)cn2)n1.CN1CCN(c2cc(Nn3ncc4ccccc43)nc(N(C)c3ccc4ncsc4c3)n2)CC1. The Morgan fingerprint density at radius 1 is 0.855 bits per heavy atom. The number of benzene rings is 3. The summed E-state index contributed by atoms with van der Waals surface area (Å²) in [5.41, 5.74) is 15.6. The number of rotatable bonds is 12. The summed E-state index contributed by atoms with van der Waals surface area (Å²) in [5, 5.41) is 9.98. The Morgan fingerprint density at radius 2 is 1.69 bits per heavy atom. The predicted octanol–water partition coefficient (Wildman–Crippen LogP) is 8.04. The first kappa shape index (κ1) is 40.7. The Hall–Kier alpha value is -6.72. The number of hydrogen-bond donors (Lipinski definition) is 2. The number of piperazine rings is 1. The van der Waals surface area contributed by atoms with Gasteiger partial charge in [0.2, 0.25) is 11.9 Å². The van der Waals surface area contributed by atoms with Crippen molar-refractivity contribution in [3.05, 3.63) is 125 Å². The van der Waals surface area contributed by atoms with E-state index in [0.29, 0.717) is 36.7 Å². The molecule has 1 aliphatic heterocycles. The van der Waals surface area contributed by atoms with Crippen LogP contribution in [0.2, 0.25) is 0 Å². The molecule has 0 spiro atoms. The van der Waals surface area contributed by atoms with Crippen LogP contribution in [0.5, 0.6) is 0 Å². The summed E-state index contributed by atoms with van der Waals surface area (Å²) >= 11 is 1.63. The Kier molecular flexibility index (Phi) is 11.6. The van der Waals surface area contributed by atoms with Gasteiger partial charge in [-0.1, -0.05) is 30.3 Å². The molecule has 62 heavy (non-hydrogen) atoms. The van der Waals surface area contributed by atoms with E-state index in [2.05, 4.69) is 60.0 Å². The van der Waals surface area contributed by atoms with Crippen LogP contribution in [0.25, 0.3) is 21.1 Å². The Morgan fingerprint density at radius 3 is 2.50 bits per heavy atom. The van der Waals surface area contributed by atoms with Gasteiger partial charge in [0.15, 0.2) is 11.6 Å². The summed E-state index contributed by atoms with van der Waals surface area (Å²) in [6.07, 6.45) is 8.28. The van der Waals surface area contributed by atoms with Crippen molar-refractivity contribution < 1.29 is 4.39 Å². The molecule has 0 bridgehead atoms. The van der Waals surface area contributed by atoms with Crippen molar-refractivity contribution in [1.82, 2.24) is 49.6 Å². The number of anilines is 6. The van der Waals surface area contributed by atoms with Crippen molar-refractivity contribution in [3.63, 3.8) is 0 Å². The van der Waals surface area contributed by atoms with Gasteiger partial charge in [0.25, 0.3) is 0 Å². The average molecular weight is 852 g/mol. The van der Waals surface area contributed by atoms with Crippen molar-refractivity contribution in [3.8, 4) is 0 Å². The van der Waals surface area contributed by atoms with Crippen LogP contribution < -0.4 is 25.6 Å². The summed E-state index contributed by atoms with van der Waals surface area (Å²) in [5.74, 6) is 3.99. The molecule has 2 aliphatic rings. The van der Waals surface area contributed by atoms with E-state index < -0.39 is 0 Å². The third-order valence-corrected chi connectivity index (χ3v) is 12.2. The molecule has 0 radical (unpaired) electrons. The molecule has 17 heteroatoms. The van der Waals surface area contributed by atoms with Gasteiger partial charge in [-0.25, -0.2) is 14.4 Å². The van der Waals surface area contributed by atoms with E-state index in [1.807, 2.05) is 104 Å². The van der Waals surface area contributed by atoms with Crippen molar-refractivity contribution in [2.75, 3.05) is 72.4 Å². The highest BCUT2D eigenvalue weighted by molar-refractivity contribution is 7.16. The van der Waals surface area contributed by atoms with Gasteiger partial charge in [-0.15, -0.1) is 11.3 Å². The van der Waals surface area contributed by atoms with Gasteiger partial charge in [0.1, 0.15) is 11.6 Å². The fraction of sp³-hybridized carbons (Fsp3) is 0.311. The maximum Gasteiger partial charge on any atom is 0.233 e. The minimum Gasteiger partial charge on any atom is -0.354 e. The topological polar surface area (TPSA) is 137 Å². The number of likely N-dealkylation sites (N-methyl/N-ethyl adjacent to an activating group) is 1. The van der Waals surface area contributed by atoms with Crippen molar-refractivity contribution in [2.24, 2.45) is 0 Å². The quantitative estimate of drug-likeness (QED) is 0.123. The van der Waals surface area contributed by atoms with E-state index in [0.717, 1.165) is 81.4 Å². The molecule has 0 unspecified atom stereocenters. The number of hydrogen-bond acceptors (Lipinski definition) is 14. The van der Waals surface area contributed by atoms with Crippen molar-refractivity contribution in [1.29, 1.82) is 0 Å². The number of halogens is 1. The summed E-state index contributed by atoms with van der Waals surface area (Å²) in [6.45, 7) is 11.1. The zero-order chi connectivity index (χ0) is 42.7. The maximum atomic E-state index is 13.5. The molecule has 1 saturated carbocycles. The highest BCUT2D eigenvalue weighted by Gasteiger charge is 2.25. The van der Waals surface area contributed by atoms with Crippen LogP contribution in [0.4, 0.5) is 39.4 Å². The Bertz CT molecular complexity index is 2810. The molecule has 1 aliphatic carbocycles. The van der Waals surface area contributed by atoms with Gasteiger partial charge in [-0.3, -0.25) is 10.9 Å². The summed E-state index contributed by atoms with van der Waals surface area (Å²) in [4.78, 5) is 35.8. The standard InChI is InChI=1S/C24H25N9S.C21H25FN6/c1-30-9-11-32(12-10-30)23-14-22(29-33-20-6-4-3-5-17(20)15-26-33)27-24(28-23)31(2)18-7-8-19-21(13-18)34-16-25-19;1-4-27(12-16-6-5-7-19(22)10-16)21-24-15(3)14(2)20(25-21)26-28-13-18(11-23-28)17-8-9-17/h3-8,13-16H,9-12H2,1-2H3,(H,27,28,29);5-7,10-11,13,17H,4,8-9,12H2,1-3H3,(H,24,25,26). The largest absolute Gasteiger partial charge is 0.354 e. The second-order valence-electron chi connectivity index (χ2n) is 15.8. The average Bonchev–Trinajstić information content (AvgIpc) is 3.62. The fourth-order valence-corrected chi connectivity index (χ4v) is 8.05. The molecule has 8 aromatic rings. The van der Waals surface area contributed by atoms with E-state index in [4.69, 9.17) is 15.0 Å².